The smallest absolute Gasteiger partial charge is 0.389 e. The van der Waals surface area contributed by atoms with Crippen molar-refractivity contribution < 1.29 is 27.4 Å². The fraction of sp³-hybridized carbons (Fsp3) is 1.00. The standard InChI is InChI=1S/C5H7ClF4O2/c6-1-3(11)2-12-5(9,10)4(7)8/h3-4,11H,1-2H2. The van der Waals surface area contributed by atoms with Crippen LogP contribution in [0.25, 0.3) is 0 Å². The van der Waals surface area contributed by atoms with Crippen LogP contribution in [0.1, 0.15) is 0 Å². The Labute approximate surface area is 71.1 Å². The van der Waals surface area contributed by atoms with Gasteiger partial charge in [-0.05, 0) is 0 Å². The summed E-state index contributed by atoms with van der Waals surface area (Å²) >= 11 is 5.00. The first-order valence-electron chi connectivity index (χ1n) is 2.94. The quantitative estimate of drug-likeness (QED) is 0.550. The normalized spacial score (nSPS) is 15.2. The van der Waals surface area contributed by atoms with Gasteiger partial charge in [-0.15, -0.1) is 11.6 Å². The van der Waals surface area contributed by atoms with Gasteiger partial charge in [-0.25, -0.2) is 8.78 Å². The molecule has 0 radical (unpaired) electrons. The van der Waals surface area contributed by atoms with Gasteiger partial charge in [-0.2, -0.15) is 8.78 Å². The van der Waals surface area contributed by atoms with Crippen molar-refractivity contribution in [2.45, 2.75) is 18.6 Å². The minimum atomic E-state index is -4.52. The number of hydrogen-bond donors (Lipinski definition) is 1. The van der Waals surface area contributed by atoms with Gasteiger partial charge in [0.25, 0.3) is 0 Å². The third-order valence-electron chi connectivity index (χ3n) is 0.900. The SMILES string of the molecule is OC(CCl)COC(F)(F)C(F)F. The summed E-state index contributed by atoms with van der Waals surface area (Å²) < 4.78 is 50.0. The molecule has 0 amide bonds. The third kappa shape index (κ3) is 4.08. The molecule has 0 aromatic rings. The lowest BCUT2D eigenvalue weighted by Gasteiger charge is -2.16. The first-order chi connectivity index (χ1) is 5.40. The van der Waals surface area contributed by atoms with Crippen molar-refractivity contribution in [1.82, 2.24) is 0 Å². The van der Waals surface area contributed by atoms with Crippen LogP contribution < -0.4 is 0 Å². The van der Waals surface area contributed by atoms with E-state index in [-0.39, 0.29) is 5.88 Å². The maximum absolute atomic E-state index is 11.9. The molecule has 12 heavy (non-hydrogen) atoms. The highest BCUT2D eigenvalue weighted by atomic mass is 35.5. The highest BCUT2D eigenvalue weighted by Gasteiger charge is 2.42. The molecule has 0 bridgehead atoms. The molecule has 7 heteroatoms. The summed E-state index contributed by atoms with van der Waals surface area (Å²) in [5, 5.41) is 8.57. The number of alkyl halides is 5. The molecule has 0 heterocycles. The van der Waals surface area contributed by atoms with E-state index in [1.165, 1.54) is 0 Å². The van der Waals surface area contributed by atoms with Crippen LogP contribution >= 0.6 is 11.6 Å². The molecule has 0 aromatic heterocycles. The Morgan fingerprint density at radius 1 is 1.42 bits per heavy atom. The Bertz CT molecular complexity index is 133. The average Bonchev–Trinajstić information content (AvgIpc) is 2.00. The molecule has 1 unspecified atom stereocenters. The minimum Gasteiger partial charge on any atom is -0.389 e. The van der Waals surface area contributed by atoms with Gasteiger partial charge in [-0.3, -0.25) is 0 Å². The van der Waals surface area contributed by atoms with Gasteiger partial charge in [0.1, 0.15) is 0 Å². The molecule has 0 aliphatic heterocycles. The van der Waals surface area contributed by atoms with Crippen LogP contribution in [0, 0.1) is 0 Å². The molecule has 0 aromatic carbocycles. The van der Waals surface area contributed by atoms with E-state index in [1.54, 1.807) is 0 Å². The molecule has 0 aliphatic rings. The third-order valence-corrected chi connectivity index (χ3v) is 1.26. The van der Waals surface area contributed by atoms with E-state index >= 15 is 0 Å². The number of hydrogen-bond acceptors (Lipinski definition) is 2. The van der Waals surface area contributed by atoms with Gasteiger partial charge in [-0.1, -0.05) is 0 Å². The molecular weight excluding hydrogens is 203 g/mol. The Morgan fingerprint density at radius 3 is 2.25 bits per heavy atom. The second-order valence-electron chi connectivity index (χ2n) is 1.98. The van der Waals surface area contributed by atoms with Crippen molar-refractivity contribution in [3.63, 3.8) is 0 Å². The molecule has 0 saturated carbocycles. The number of ether oxygens (including phenoxy) is 1. The fourth-order valence-corrected chi connectivity index (χ4v) is 0.404. The van der Waals surface area contributed by atoms with E-state index < -0.39 is 25.2 Å². The van der Waals surface area contributed by atoms with Crippen LogP contribution in [0.4, 0.5) is 17.6 Å². The lowest BCUT2D eigenvalue weighted by Crippen LogP contribution is -2.33. The van der Waals surface area contributed by atoms with Crippen LogP contribution in [0.5, 0.6) is 0 Å². The van der Waals surface area contributed by atoms with E-state index in [2.05, 4.69) is 4.74 Å². The first-order valence-corrected chi connectivity index (χ1v) is 3.47. The van der Waals surface area contributed by atoms with E-state index in [0.717, 1.165) is 0 Å². The molecule has 0 spiro atoms. The van der Waals surface area contributed by atoms with Gasteiger partial charge in [0.05, 0.1) is 18.6 Å². The zero-order valence-electron chi connectivity index (χ0n) is 5.81. The summed E-state index contributed by atoms with van der Waals surface area (Å²) in [6, 6.07) is 0. The molecule has 1 atom stereocenters. The van der Waals surface area contributed by atoms with Gasteiger partial charge in [0.2, 0.25) is 0 Å². The van der Waals surface area contributed by atoms with Crippen LogP contribution in [0.3, 0.4) is 0 Å². The second kappa shape index (κ2) is 4.84. The van der Waals surface area contributed by atoms with Gasteiger partial charge in [0, 0.05) is 0 Å². The van der Waals surface area contributed by atoms with Crippen LogP contribution in [0.2, 0.25) is 0 Å². The predicted molar refractivity (Wildman–Crippen MR) is 33.6 cm³/mol. The van der Waals surface area contributed by atoms with Gasteiger partial charge < -0.3 is 9.84 Å². The first kappa shape index (κ1) is 11.9. The Morgan fingerprint density at radius 2 is 1.92 bits per heavy atom. The monoisotopic (exact) mass is 210 g/mol. The van der Waals surface area contributed by atoms with Crippen molar-refractivity contribution in [3.05, 3.63) is 0 Å². The largest absolute Gasteiger partial charge is 0.416 e. The number of halogens is 5. The van der Waals surface area contributed by atoms with E-state index in [1.807, 2.05) is 0 Å². The van der Waals surface area contributed by atoms with E-state index in [4.69, 9.17) is 16.7 Å². The number of aliphatic hydroxyl groups is 1. The van der Waals surface area contributed by atoms with E-state index in [0.29, 0.717) is 0 Å². The van der Waals surface area contributed by atoms with Crippen LogP contribution in [-0.4, -0.2) is 36.2 Å². The summed E-state index contributed by atoms with van der Waals surface area (Å²) in [7, 11) is 0. The van der Waals surface area contributed by atoms with Crippen molar-refractivity contribution in [2.75, 3.05) is 12.5 Å². The number of rotatable bonds is 5. The van der Waals surface area contributed by atoms with Crippen molar-refractivity contribution in [1.29, 1.82) is 0 Å². The summed E-state index contributed by atoms with van der Waals surface area (Å²) in [6.45, 7) is -0.916. The molecule has 0 fully saturated rings. The number of aliphatic hydroxyl groups excluding tert-OH is 1. The zero-order chi connectivity index (χ0) is 9.78. The maximum Gasteiger partial charge on any atom is 0.416 e. The molecule has 0 saturated heterocycles. The van der Waals surface area contributed by atoms with Crippen LogP contribution in [0.15, 0.2) is 0 Å². The average molecular weight is 211 g/mol. The predicted octanol–water partition coefficient (Wildman–Crippen LogP) is 1.46. The van der Waals surface area contributed by atoms with Crippen molar-refractivity contribution in [2.24, 2.45) is 0 Å². The molecule has 74 valence electrons. The summed E-state index contributed by atoms with van der Waals surface area (Å²) in [4.78, 5) is 0. The Kier molecular flexibility index (Phi) is 4.81. The van der Waals surface area contributed by atoms with Gasteiger partial charge in [0.15, 0.2) is 0 Å². The highest BCUT2D eigenvalue weighted by Crippen LogP contribution is 2.24. The summed E-state index contributed by atoms with van der Waals surface area (Å²) in [5.74, 6) is -0.348. The lowest BCUT2D eigenvalue weighted by atomic mass is 10.4. The fourth-order valence-electron chi connectivity index (χ4n) is 0.315. The minimum absolute atomic E-state index is 0.348. The van der Waals surface area contributed by atoms with Crippen molar-refractivity contribution >= 4 is 11.6 Å². The highest BCUT2D eigenvalue weighted by molar-refractivity contribution is 6.18. The summed E-state index contributed by atoms with van der Waals surface area (Å²) in [5.41, 5.74) is 0. The maximum atomic E-state index is 11.9. The molecule has 0 aliphatic carbocycles. The van der Waals surface area contributed by atoms with Crippen LogP contribution in [-0.2, 0) is 4.74 Å². The Hall–Kier alpha value is -0.0700. The van der Waals surface area contributed by atoms with E-state index in [9.17, 15) is 17.6 Å². The molecule has 1 N–H and O–H groups in total. The lowest BCUT2D eigenvalue weighted by molar-refractivity contribution is -0.305. The topological polar surface area (TPSA) is 29.5 Å². The van der Waals surface area contributed by atoms with Gasteiger partial charge >= 0.3 is 12.5 Å². The second-order valence-corrected chi connectivity index (χ2v) is 2.29. The van der Waals surface area contributed by atoms with Crippen molar-refractivity contribution in [3.8, 4) is 0 Å². The molecular formula is C5H7ClF4O2. The Balaban J connectivity index is 3.75. The molecule has 0 rings (SSSR count). The molecule has 2 nitrogen and oxygen atoms in total. The summed E-state index contributed by atoms with van der Waals surface area (Å²) in [6.07, 6.45) is -9.79. The zero-order valence-corrected chi connectivity index (χ0v) is 6.57.